The lowest BCUT2D eigenvalue weighted by Gasteiger charge is -2.43. The van der Waals surface area contributed by atoms with Crippen molar-refractivity contribution in [2.45, 2.75) is 89.3 Å². The van der Waals surface area contributed by atoms with Gasteiger partial charge in [0.15, 0.2) is 11.7 Å². The normalized spacial score (nSPS) is 19.7. The molecule has 64 heavy (non-hydrogen) atoms. The molecule has 1 atom stereocenters. The Hall–Kier alpha value is -5.91. The van der Waals surface area contributed by atoms with Crippen molar-refractivity contribution < 1.29 is 42.7 Å². The average molecular weight is 885 g/mol. The standard InChI is InChI=1S/C46H60N8O10/c1-31-28-32(29-37-42(31)48(2)45(60)63-37)30-38(64-46(61)53-19-14-35(15-20-53)54-21-11-33-6-3-4-7-36(33)47-44(54)59)43(58)52-17-12-34(13-18-52)49-22-24-51(25-23-49)40(56)9-10-41(57)62-27-26-50-16-5-8-39(50)55/h3-4,6-7,28-29,34-35,38H,5,8-27,30H2,1-2H3,(H,47,59)/t38-/m1/s1. The number of aromatic nitrogens is 1. The number of rotatable bonds is 12. The number of aryl methyl sites for hydroxylation is 2. The Labute approximate surface area is 372 Å². The molecule has 2 aromatic carbocycles. The van der Waals surface area contributed by atoms with E-state index in [1.54, 1.807) is 32.7 Å². The van der Waals surface area contributed by atoms with Gasteiger partial charge in [-0.2, -0.15) is 0 Å². The van der Waals surface area contributed by atoms with Gasteiger partial charge < -0.3 is 43.7 Å². The third-order valence-electron chi connectivity index (χ3n) is 13.7. The fourth-order valence-electron chi connectivity index (χ4n) is 10.0. The third-order valence-corrected chi connectivity index (χ3v) is 13.7. The van der Waals surface area contributed by atoms with Crippen molar-refractivity contribution in [3.63, 3.8) is 0 Å². The second kappa shape index (κ2) is 19.9. The lowest BCUT2D eigenvalue weighted by Crippen LogP contribution is -2.56. The van der Waals surface area contributed by atoms with Crippen LogP contribution in [-0.4, -0.2) is 167 Å². The molecule has 8 rings (SSSR count). The van der Waals surface area contributed by atoms with Crippen molar-refractivity contribution in [1.82, 2.24) is 34.0 Å². The van der Waals surface area contributed by atoms with Gasteiger partial charge >= 0.3 is 23.8 Å². The maximum Gasteiger partial charge on any atom is 0.419 e. The van der Waals surface area contributed by atoms with Crippen LogP contribution in [0.4, 0.5) is 15.3 Å². The van der Waals surface area contributed by atoms with Crippen LogP contribution >= 0.6 is 0 Å². The maximum atomic E-state index is 14.4. The summed E-state index contributed by atoms with van der Waals surface area (Å²) in [5, 5.41) is 3.04. The summed E-state index contributed by atoms with van der Waals surface area (Å²) in [4.78, 5) is 102. The van der Waals surface area contributed by atoms with Gasteiger partial charge in [0.25, 0.3) is 5.91 Å². The molecule has 4 saturated heterocycles. The number of amides is 6. The van der Waals surface area contributed by atoms with Crippen molar-refractivity contribution in [3.8, 4) is 0 Å². The Balaban J connectivity index is 0.834. The van der Waals surface area contributed by atoms with E-state index in [0.717, 1.165) is 42.5 Å². The van der Waals surface area contributed by atoms with Gasteiger partial charge in [0.2, 0.25) is 11.8 Å². The highest BCUT2D eigenvalue weighted by Crippen LogP contribution is 2.27. The van der Waals surface area contributed by atoms with Crippen LogP contribution in [0.25, 0.3) is 11.1 Å². The number of anilines is 1. The molecule has 344 valence electrons. The Kier molecular flexibility index (Phi) is 13.9. The molecule has 6 heterocycles. The van der Waals surface area contributed by atoms with Gasteiger partial charge in [-0.15, -0.1) is 0 Å². The zero-order chi connectivity index (χ0) is 44.9. The first kappa shape index (κ1) is 44.7. The van der Waals surface area contributed by atoms with Crippen molar-refractivity contribution in [2.24, 2.45) is 7.05 Å². The molecular weight excluding hydrogens is 825 g/mol. The number of benzene rings is 2. The first-order valence-corrected chi connectivity index (χ1v) is 22.9. The Morgan fingerprint density at radius 3 is 2.27 bits per heavy atom. The predicted molar refractivity (Wildman–Crippen MR) is 234 cm³/mol. The van der Waals surface area contributed by atoms with Gasteiger partial charge in [0.05, 0.1) is 18.5 Å². The smallest absolute Gasteiger partial charge is 0.419 e. The number of nitrogens with zero attached hydrogens (tertiary/aromatic N) is 7. The maximum absolute atomic E-state index is 14.4. The number of fused-ring (bicyclic) bond motifs is 2. The lowest BCUT2D eigenvalue weighted by atomic mass is 9.99. The Bertz CT molecular complexity index is 2290. The fourth-order valence-corrected chi connectivity index (χ4v) is 10.0. The van der Waals surface area contributed by atoms with E-state index in [0.29, 0.717) is 108 Å². The number of nitrogens with one attached hydrogen (secondary N) is 1. The average Bonchev–Trinajstić information content (AvgIpc) is 3.79. The summed E-state index contributed by atoms with van der Waals surface area (Å²) in [6.45, 7) is 7.82. The summed E-state index contributed by atoms with van der Waals surface area (Å²) in [7, 11) is 1.64. The molecule has 1 aromatic heterocycles. The summed E-state index contributed by atoms with van der Waals surface area (Å²) in [6, 6.07) is 11.5. The van der Waals surface area contributed by atoms with E-state index >= 15 is 0 Å². The van der Waals surface area contributed by atoms with Crippen LogP contribution in [-0.2, 0) is 48.5 Å². The van der Waals surface area contributed by atoms with E-state index in [2.05, 4.69) is 10.2 Å². The number of carbonyl (C=O) groups excluding carboxylic acids is 6. The molecule has 1 N–H and O–H groups in total. The van der Waals surface area contributed by atoms with Gasteiger partial charge in [-0.25, -0.2) is 14.4 Å². The lowest BCUT2D eigenvalue weighted by molar-refractivity contribution is -0.147. The molecule has 0 radical (unpaired) electrons. The highest BCUT2D eigenvalue weighted by Gasteiger charge is 2.37. The van der Waals surface area contributed by atoms with Crippen molar-refractivity contribution in [3.05, 3.63) is 63.6 Å². The van der Waals surface area contributed by atoms with E-state index in [1.807, 2.05) is 42.2 Å². The molecule has 6 amide bonds. The number of oxazole rings is 1. The molecular formula is C46H60N8O10. The van der Waals surface area contributed by atoms with Crippen LogP contribution in [0.1, 0.15) is 68.1 Å². The molecule has 0 saturated carbocycles. The van der Waals surface area contributed by atoms with E-state index in [-0.39, 0.29) is 61.7 Å². The minimum atomic E-state index is -1.12. The summed E-state index contributed by atoms with van der Waals surface area (Å²) in [5.74, 6) is -1.22. The number of hydrogen-bond donors (Lipinski definition) is 1. The van der Waals surface area contributed by atoms with Gasteiger partial charge in [0, 0.05) is 110 Å². The van der Waals surface area contributed by atoms with Crippen molar-refractivity contribution >= 4 is 52.6 Å². The van der Waals surface area contributed by atoms with Crippen LogP contribution in [0.3, 0.4) is 0 Å². The number of carbonyl (C=O) groups is 6. The number of esters is 1. The summed E-state index contributed by atoms with van der Waals surface area (Å²) < 4.78 is 18.3. The number of piperidine rings is 2. The SMILES string of the molecule is Cc1cc(C[C@@H](OC(=O)N2CCC(N3CCc4ccccc4NC3=O)CC2)C(=O)N2CCC(N3CCN(C(=O)CCC(=O)OCCN4CCCC4=O)CC3)CC2)cc2oc(=O)n(C)c12. The molecule has 0 spiro atoms. The first-order chi connectivity index (χ1) is 30.9. The zero-order valence-corrected chi connectivity index (χ0v) is 37.0. The fraction of sp³-hybridized carbons (Fsp3) is 0.587. The zero-order valence-electron chi connectivity index (χ0n) is 37.0. The third kappa shape index (κ3) is 10.2. The number of hydrogen-bond acceptors (Lipinski definition) is 11. The summed E-state index contributed by atoms with van der Waals surface area (Å²) >= 11 is 0. The molecule has 0 bridgehead atoms. The van der Waals surface area contributed by atoms with Crippen LogP contribution in [0, 0.1) is 6.92 Å². The second-order valence-corrected chi connectivity index (χ2v) is 17.7. The number of para-hydroxylation sites is 1. The number of piperazine rings is 1. The Morgan fingerprint density at radius 1 is 0.812 bits per heavy atom. The summed E-state index contributed by atoms with van der Waals surface area (Å²) in [5.41, 5.74) is 4.48. The summed E-state index contributed by atoms with van der Waals surface area (Å²) in [6.07, 6.45) is 3.16. The van der Waals surface area contributed by atoms with Crippen LogP contribution in [0.2, 0.25) is 0 Å². The van der Waals surface area contributed by atoms with Crippen molar-refractivity contribution in [2.75, 3.05) is 83.9 Å². The highest BCUT2D eigenvalue weighted by molar-refractivity contribution is 5.91. The van der Waals surface area contributed by atoms with E-state index in [9.17, 15) is 33.6 Å². The van der Waals surface area contributed by atoms with Crippen LogP contribution in [0.5, 0.6) is 0 Å². The minimum Gasteiger partial charge on any atom is -0.464 e. The molecule has 0 unspecified atom stereocenters. The van der Waals surface area contributed by atoms with Gasteiger partial charge in [0.1, 0.15) is 6.61 Å². The van der Waals surface area contributed by atoms with Crippen LogP contribution in [0.15, 0.2) is 45.6 Å². The largest absolute Gasteiger partial charge is 0.464 e. The quantitative estimate of drug-likeness (QED) is 0.264. The molecule has 0 aliphatic carbocycles. The monoisotopic (exact) mass is 884 g/mol. The highest BCUT2D eigenvalue weighted by atomic mass is 16.6. The molecule has 4 fully saturated rings. The van der Waals surface area contributed by atoms with Crippen LogP contribution < -0.4 is 11.1 Å². The second-order valence-electron chi connectivity index (χ2n) is 17.7. The number of likely N-dealkylation sites (tertiary alicyclic amines) is 3. The van der Waals surface area contributed by atoms with Gasteiger partial charge in [-0.1, -0.05) is 24.3 Å². The van der Waals surface area contributed by atoms with E-state index in [4.69, 9.17) is 13.9 Å². The topological polar surface area (TPSA) is 187 Å². The Morgan fingerprint density at radius 2 is 1.53 bits per heavy atom. The molecule has 5 aliphatic rings. The predicted octanol–water partition coefficient (Wildman–Crippen LogP) is 3.12. The van der Waals surface area contributed by atoms with Gasteiger partial charge in [-0.3, -0.25) is 28.6 Å². The molecule has 3 aromatic rings. The molecule has 18 heteroatoms. The van der Waals surface area contributed by atoms with E-state index in [1.165, 1.54) is 4.57 Å². The molecule has 5 aliphatic heterocycles. The van der Waals surface area contributed by atoms with Gasteiger partial charge in [-0.05, 0) is 74.3 Å². The number of urea groups is 1. The molecule has 18 nitrogen and oxygen atoms in total. The van der Waals surface area contributed by atoms with Crippen molar-refractivity contribution in [1.29, 1.82) is 0 Å². The minimum absolute atomic E-state index is 0.0000161. The number of ether oxygens (including phenoxy) is 2. The first-order valence-electron chi connectivity index (χ1n) is 22.9. The van der Waals surface area contributed by atoms with E-state index < -0.39 is 23.9 Å².